The van der Waals surface area contributed by atoms with E-state index in [1.165, 1.54) is 36.1 Å². The largest absolute Gasteiger partial charge is 0.455 e. The number of hydrogen-bond donors (Lipinski definition) is 1. The molecule has 3 rings (SSSR count). The number of carbonyl (C=O) groups is 2. The minimum absolute atomic E-state index is 0.0479. The van der Waals surface area contributed by atoms with Gasteiger partial charge in [-0.25, -0.2) is 4.39 Å². The molecule has 26 heavy (non-hydrogen) atoms. The summed E-state index contributed by atoms with van der Waals surface area (Å²) >= 11 is 5.77. The molecule has 0 atom stereocenters. The van der Waals surface area contributed by atoms with Crippen LogP contribution in [0.3, 0.4) is 0 Å². The van der Waals surface area contributed by atoms with E-state index >= 15 is 0 Å². The van der Waals surface area contributed by atoms with E-state index < -0.39 is 24.3 Å². The van der Waals surface area contributed by atoms with Gasteiger partial charge in [-0.1, -0.05) is 29.8 Å². The van der Waals surface area contributed by atoms with Crippen molar-refractivity contribution >= 4 is 29.2 Å². The number of anilines is 1. The molecule has 4 nitrogen and oxygen atoms in total. The van der Waals surface area contributed by atoms with Crippen LogP contribution < -0.4 is 5.32 Å². The second kappa shape index (κ2) is 8.32. The average Bonchev–Trinajstić information content (AvgIpc) is 2.63. The molecule has 0 heterocycles. The lowest BCUT2D eigenvalue weighted by atomic mass is 9.90. The second-order valence-electron chi connectivity index (χ2n) is 6.32. The van der Waals surface area contributed by atoms with Gasteiger partial charge in [-0.05, 0) is 60.6 Å². The van der Waals surface area contributed by atoms with Crippen molar-refractivity contribution in [3.05, 3.63) is 63.9 Å². The predicted octanol–water partition coefficient (Wildman–Crippen LogP) is 4.08. The summed E-state index contributed by atoms with van der Waals surface area (Å²) < 4.78 is 18.6. The van der Waals surface area contributed by atoms with Crippen molar-refractivity contribution in [3.8, 4) is 0 Å². The SMILES string of the molecule is O=C(COC(=O)Cc1ccc2c(c1)CCCC2)Nc1cc(Cl)ccc1F. The van der Waals surface area contributed by atoms with Crippen LogP contribution >= 0.6 is 11.6 Å². The number of hydrogen-bond acceptors (Lipinski definition) is 3. The Labute approximate surface area is 156 Å². The number of rotatable bonds is 5. The number of carbonyl (C=O) groups excluding carboxylic acids is 2. The lowest BCUT2D eigenvalue weighted by Crippen LogP contribution is -2.22. The molecule has 0 saturated carbocycles. The third-order valence-electron chi connectivity index (χ3n) is 4.33. The average molecular weight is 376 g/mol. The molecular weight excluding hydrogens is 357 g/mol. The van der Waals surface area contributed by atoms with E-state index in [1.807, 2.05) is 12.1 Å². The molecule has 0 unspecified atom stereocenters. The van der Waals surface area contributed by atoms with Gasteiger partial charge < -0.3 is 10.1 Å². The number of fused-ring (bicyclic) bond motifs is 1. The number of amides is 1. The zero-order chi connectivity index (χ0) is 18.5. The van der Waals surface area contributed by atoms with Gasteiger partial charge in [-0.15, -0.1) is 0 Å². The fraction of sp³-hybridized carbons (Fsp3) is 0.300. The minimum atomic E-state index is -0.620. The molecule has 136 valence electrons. The lowest BCUT2D eigenvalue weighted by Gasteiger charge is -2.16. The highest BCUT2D eigenvalue weighted by atomic mass is 35.5. The Kier molecular flexibility index (Phi) is 5.89. The van der Waals surface area contributed by atoms with E-state index in [9.17, 15) is 14.0 Å². The van der Waals surface area contributed by atoms with Gasteiger partial charge in [0.2, 0.25) is 0 Å². The van der Waals surface area contributed by atoms with Crippen molar-refractivity contribution < 1.29 is 18.7 Å². The number of halogens is 2. The summed E-state index contributed by atoms with van der Waals surface area (Å²) in [5.74, 6) is -1.73. The van der Waals surface area contributed by atoms with Crippen LogP contribution in [-0.2, 0) is 33.6 Å². The summed E-state index contributed by atoms with van der Waals surface area (Å²) in [6.07, 6.45) is 4.59. The highest BCUT2D eigenvalue weighted by Crippen LogP contribution is 2.22. The molecule has 1 amide bonds. The zero-order valence-electron chi connectivity index (χ0n) is 14.2. The quantitative estimate of drug-likeness (QED) is 0.801. The molecule has 2 aromatic carbocycles. The van der Waals surface area contributed by atoms with Crippen molar-refractivity contribution in [2.45, 2.75) is 32.1 Å². The monoisotopic (exact) mass is 375 g/mol. The fourth-order valence-electron chi connectivity index (χ4n) is 3.04. The van der Waals surface area contributed by atoms with Crippen LogP contribution in [0.5, 0.6) is 0 Å². The maximum absolute atomic E-state index is 13.6. The second-order valence-corrected chi connectivity index (χ2v) is 6.76. The predicted molar refractivity (Wildman–Crippen MR) is 97.8 cm³/mol. The van der Waals surface area contributed by atoms with Crippen molar-refractivity contribution in [1.29, 1.82) is 0 Å². The third kappa shape index (κ3) is 4.82. The Morgan fingerprint density at radius 3 is 2.65 bits per heavy atom. The molecule has 0 saturated heterocycles. The van der Waals surface area contributed by atoms with Crippen LogP contribution in [-0.4, -0.2) is 18.5 Å². The molecule has 0 bridgehead atoms. The van der Waals surface area contributed by atoms with E-state index in [0.29, 0.717) is 5.02 Å². The van der Waals surface area contributed by atoms with E-state index in [-0.39, 0.29) is 12.1 Å². The molecule has 0 radical (unpaired) electrons. The van der Waals surface area contributed by atoms with Gasteiger partial charge in [-0.2, -0.15) is 0 Å². The van der Waals surface area contributed by atoms with E-state index in [1.54, 1.807) is 0 Å². The maximum Gasteiger partial charge on any atom is 0.310 e. The summed E-state index contributed by atoms with van der Waals surface area (Å²) in [5, 5.41) is 2.63. The normalized spacial score (nSPS) is 13.0. The van der Waals surface area contributed by atoms with Gasteiger partial charge in [0.1, 0.15) is 5.82 Å². The molecule has 6 heteroatoms. The highest BCUT2D eigenvalue weighted by Gasteiger charge is 2.14. The van der Waals surface area contributed by atoms with Gasteiger partial charge in [0.25, 0.3) is 5.91 Å². The first-order chi connectivity index (χ1) is 12.5. The first-order valence-electron chi connectivity index (χ1n) is 8.52. The van der Waals surface area contributed by atoms with Gasteiger partial charge in [0.05, 0.1) is 12.1 Å². The first-order valence-corrected chi connectivity index (χ1v) is 8.90. The topological polar surface area (TPSA) is 55.4 Å². The summed E-state index contributed by atoms with van der Waals surface area (Å²) in [6, 6.07) is 9.85. The Balaban J connectivity index is 1.50. The summed E-state index contributed by atoms with van der Waals surface area (Å²) in [6.45, 7) is -0.476. The highest BCUT2D eigenvalue weighted by molar-refractivity contribution is 6.30. The molecule has 0 fully saturated rings. The Hall–Kier alpha value is -2.40. The van der Waals surface area contributed by atoms with Crippen molar-refractivity contribution in [1.82, 2.24) is 0 Å². The van der Waals surface area contributed by atoms with Crippen molar-refractivity contribution in [3.63, 3.8) is 0 Å². The third-order valence-corrected chi connectivity index (χ3v) is 4.56. The van der Waals surface area contributed by atoms with Crippen LogP contribution in [0.25, 0.3) is 0 Å². The molecule has 1 aliphatic carbocycles. The maximum atomic E-state index is 13.6. The standard InChI is InChI=1S/C20H19ClFNO3/c21-16-7-8-17(22)18(11-16)23-19(24)12-26-20(25)10-13-5-6-14-3-1-2-4-15(14)9-13/h5-9,11H,1-4,10,12H2,(H,23,24). The van der Waals surface area contributed by atoms with E-state index in [4.69, 9.17) is 16.3 Å². The number of ether oxygens (including phenoxy) is 1. The Morgan fingerprint density at radius 1 is 1.08 bits per heavy atom. The van der Waals surface area contributed by atoms with Crippen LogP contribution in [0.4, 0.5) is 10.1 Å². The van der Waals surface area contributed by atoms with Crippen molar-refractivity contribution in [2.24, 2.45) is 0 Å². The van der Waals surface area contributed by atoms with Gasteiger partial charge in [0, 0.05) is 5.02 Å². The smallest absolute Gasteiger partial charge is 0.310 e. The van der Waals surface area contributed by atoms with Gasteiger partial charge in [0.15, 0.2) is 6.61 Å². The fourth-order valence-corrected chi connectivity index (χ4v) is 3.21. The van der Waals surface area contributed by atoms with Crippen LogP contribution in [0.15, 0.2) is 36.4 Å². The van der Waals surface area contributed by atoms with E-state index in [2.05, 4.69) is 11.4 Å². The summed E-state index contributed by atoms with van der Waals surface area (Å²) in [5.41, 5.74) is 3.46. The molecular formula is C20H19ClFNO3. The van der Waals surface area contributed by atoms with Gasteiger partial charge in [-0.3, -0.25) is 9.59 Å². The molecule has 0 aliphatic heterocycles. The van der Waals surface area contributed by atoms with Crippen LogP contribution in [0.2, 0.25) is 5.02 Å². The first kappa shape index (κ1) is 18.4. The molecule has 2 aromatic rings. The number of benzene rings is 2. The zero-order valence-corrected chi connectivity index (χ0v) is 14.9. The van der Waals surface area contributed by atoms with Crippen molar-refractivity contribution in [2.75, 3.05) is 11.9 Å². The molecule has 0 aromatic heterocycles. The minimum Gasteiger partial charge on any atom is -0.455 e. The number of nitrogens with one attached hydrogen (secondary N) is 1. The Bertz CT molecular complexity index is 838. The molecule has 0 spiro atoms. The molecule has 1 N–H and O–H groups in total. The summed E-state index contributed by atoms with van der Waals surface area (Å²) in [7, 11) is 0. The van der Waals surface area contributed by atoms with E-state index in [0.717, 1.165) is 24.5 Å². The number of aryl methyl sites for hydroxylation is 2. The van der Waals surface area contributed by atoms with Gasteiger partial charge >= 0.3 is 5.97 Å². The Morgan fingerprint density at radius 2 is 1.85 bits per heavy atom. The molecule has 1 aliphatic rings. The van der Waals surface area contributed by atoms with Crippen LogP contribution in [0.1, 0.15) is 29.5 Å². The lowest BCUT2D eigenvalue weighted by molar-refractivity contribution is -0.146. The summed E-state index contributed by atoms with van der Waals surface area (Å²) in [4.78, 5) is 23.8. The number of esters is 1. The van der Waals surface area contributed by atoms with Crippen LogP contribution in [0, 0.1) is 5.82 Å².